The van der Waals surface area contributed by atoms with E-state index in [9.17, 15) is 18.4 Å². The summed E-state index contributed by atoms with van der Waals surface area (Å²) in [7, 11) is 0. The molecule has 0 bridgehead atoms. The van der Waals surface area contributed by atoms with Crippen molar-refractivity contribution in [1.29, 1.82) is 0 Å². The Kier molecular flexibility index (Phi) is 4.83. The van der Waals surface area contributed by atoms with Crippen LogP contribution in [0.1, 0.15) is 20.7 Å². The number of halogens is 2. The zero-order valence-corrected chi connectivity index (χ0v) is 13.9. The third-order valence-corrected chi connectivity index (χ3v) is 5.52. The first-order valence-corrected chi connectivity index (χ1v) is 8.59. The van der Waals surface area contributed by atoms with E-state index in [0.29, 0.717) is 17.3 Å². The second kappa shape index (κ2) is 6.88. The van der Waals surface area contributed by atoms with Crippen molar-refractivity contribution in [2.75, 3.05) is 18.4 Å². The van der Waals surface area contributed by atoms with Crippen LogP contribution in [0.25, 0.3) is 0 Å². The molecule has 2 heterocycles. The van der Waals surface area contributed by atoms with Crippen LogP contribution in [-0.4, -0.2) is 35.4 Å². The number of thiophene rings is 1. The van der Waals surface area contributed by atoms with Crippen molar-refractivity contribution in [2.24, 2.45) is 5.73 Å². The van der Waals surface area contributed by atoms with Crippen LogP contribution in [-0.2, 0) is 0 Å². The quantitative estimate of drug-likeness (QED) is 0.795. The van der Waals surface area contributed by atoms with E-state index >= 15 is 0 Å². The molecule has 0 atom stereocenters. The second-order valence-electron chi connectivity index (χ2n) is 5.14. The zero-order valence-electron chi connectivity index (χ0n) is 12.3. The summed E-state index contributed by atoms with van der Waals surface area (Å²) in [4.78, 5) is 23.8. The molecule has 2 amide bonds. The summed E-state index contributed by atoms with van der Waals surface area (Å²) in [5.74, 6) is -2.02. The highest BCUT2D eigenvalue weighted by Crippen LogP contribution is 2.38. The number of carbonyl (C=O) groups is 2. The minimum absolute atomic E-state index is 0.126. The molecule has 1 saturated heterocycles. The maximum atomic E-state index is 13.7. The predicted molar refractivity (Wildman–Crippen MR) is 89.5 cm³/mol. The molecule has 9 heteroatoms. The molecular weight excluding hydrogens is 356 g/mol. The van der Waals surface area contributed by atoms with Gasteiger partial charge in [0.1, 0.15) is 17.0 Å². The van der Waals surface area contributed by atoms with Crippen LogP contribution in [0.5, 0.6) is 0 Å². The number of primary amides is 1. The summed E-state index contributed by atoms with van der Waals surface area (Å²) < 4.78 is 29.0. The normalized spacial score (nSPS) is 15.1. The molecule has 0 saturated carbocycles. The third kappa shape index (κ3) is 3.58. The molecular formula is C15H13F2N3O2S2. The van der Waals surface area contributed by atoms with Gasteiger partial charge in [0.2, 0.25) is 0 Å². The molecule has 2 aromatic rings. The molecule has 0 radical (unpaired) electrons. The molecule has 1 aliphatic heterocycles. The molecule has 1 aliphatic rings. The van der Waals surface area contributed by atoms with Crippen LogP contribution >= 0.6 is 23.3 Å². The largest absolute Gasteiger partial charge is 0.366 e. The van der Waals surface area contributed by atoms with Gasteiger partial charge in [0.15, 0.2) is 0 Å². The lowest BCUT2D eigenvalue weighted by atomic mass is 10.2. The fraction of sp³-hybridized carbons (Fsp3) is 0.200. The van der Waals surface area contributed by atoms with Crippen molar-refractivity contribution in [3.8, 4) is 0 Å². The minimum Gasteiger partial charge on any atom is -0.366 e. The lowest BCUT2D eigenvalue weighted by Crippen LogP contribution is -2.43. The Bertz CT molecular complexity index is 791. The topological polar surface area (TPSA) is 75.4 Å². The number of hydrogen-bond acceptors (Lipinski definition) is 5. The van der Waals surface area contributed by atoms with Gasteiger partial charge in [-0.15, -0.1) is 11.3 Å². The van der Waals surface area contributed by atoms with E-state index in [4.69, 9.17) is 5.73 Å². The van der Waals surface area contributed by atoms with Gasteiger partial charge in [-0.05, 0) is 30.1 Å². The monoisotopic (exact) mass is 369 g/mol. The van der Waals surface area contributed by atoms with Gasteiger partial charge in [-0.1, -0.05) is 12.1 Å². The molecule has 0 aliphatic carbocycles. The van der Waals surface area contributed by atoms with Gasteiger partial charge >= 0.3 is 0 Å². The first-order chi connectivity index (χ1) is 11.4. The number of alkyl halides is 1. The van der Waals surface area contributed by atoms with Crippen LogP contribution in [0.3, 0.4) is 0 Å². The predicted octanol–water partition coefficient (Wildman–Crippen LogP) is 2.90. The first kappa shape index (κ1) is 16.9. The number of benzene rings is 1. The van der Waals surface area contributed by atoms with Gasteiger partial charge in [-0.2, -0.15) is 0 Å². The average molecular weight is 369 g/mol. The molecule has 0 unspecified atom stereocenters. The Morgan fingerprint density at radius 3 is 2.62 bits per heavy atom. The van der Waals surface area contributed by atoms with Gasteiger partial charge in [0, 0.05) is 13.1 Å². The molecule has 5 nitrogen and oxygen atoms in total. The third-order valence-electron chi connectivity index (χ3n) is 3.34. The molecule has 3 N–H and O–H groups in total. The van der Waals surface area contributed by atoms with Gasteiger partial charge in [-0.25, -0.2) is 13.1 Å². The molecule has 1 aromatic heterocycles. The van der Waals surface area contributed by atoms with Gasteiger partial charge in [-0.3, -0.25) is 9.59 Å². The molecule has 24 heavy (non-hydrogen) atoms. The van der Waals surface area contributed by atoms with Crippen LogP contribution in [0.4, 0.5) is 13.8 Å². The second-order valence-corrected chi connectivity index (χ2v) is 7.59. The van der Waals surface area contributed by atoms with Gasteiger partial charge < -0.3 is 11.1 Å². The number of anilines is 1. The fourth-order valence-corrected chi connectivity index (χ4v) is 4.50. The number of carbonyl (C=O) groups excluding carboxylic acids is 2. The summed E-state index contributed by atoms with van der Waals surface area (Å²) in [5.41, 5.74) is 5.35. The van der Waals surface area contributed by atoms with Crippen molar-refractivity contribution in [2.45, 2.75) is 10.4 Å². The van der Waals surface area contributed by atoms with E-state index < -0.39 is 23.8 Å². The minimum atomic E-state index is -0.840. The molecule has 3 rings (SSSR count). The average Bonchev–Trinajstić information content (AvgIpc) is 2.89. The highest BCUT2D eigenvalue weighted by Gasteiger charge is 2.28. The Morgan fingerprint density at radius 1 is 1.29 bits per heavy atom. The number of hydrogen-bond donors (Lipinski definition) is 2. The van der Waals surface area contributed by atoms with Crippen LogP contribution in [0.15, 0.2) is 34.5 Å². The van der Waals surface area contributed by atoms with E-state index in [-0.39, 0.29) is 16.1 Å². The summed E-state index contributed by atoms with van der Waals surface area (Å²) in [6.07, 6.45) is -0.840. The maximum absolute atomic E-state index is 13.7. The van der Waals surface area contributed by atoms with Crippen molar-refractivity contribution < 1.29 is 18.4 Å². The highest BCUT2D eigenvalue weighted by atomic mass is 32.2. The molecule has 126 valence electrons. The number of nitrogens with one attached hydrogen (secondary N) is 1. The van der Waals surface area contributed by atoms with E-state index in [0.717, 1.165) is 11.3 Å². The lowest BCUT2D eigenvalue weighted by Gasteiger charge is -2.32. The van der Waals surface area contributed by atoms with E-state index in [1.165, 1.54) is 30.1 Å². The molecule has 1 aromatic carbocycles. The first-order valence-electron chi connectivity index (χ1n) is 7.00. The number of amides is 2. The van der Waals surface area contributed by atoms with E-state index in [2.05, 4.69) is 5.32 Å². The maximum Gasteiger partial charge on any atom is 0.259 e. The summed E-state index contributed by atoms with van der Waals surface area (Å²) in [5, 5.41) is 2.77. The molecule has 1 fully saturated rings. The Balaban J connectivity index is 1.79. The smallest absolute Gasteiger partial charge is 0.259 e. The van der Waals surface area contributed by atoms with E-state index in [1.807, 2.05) is 0 Å². The van der Waals surface area contributed by atoms with Gasteiger partial charge in [0.05, 0.1) is 15.3 Å². The number of rotatable bonds is 5. The zero-order chi connectivity index (χ0) is 17.3. The standard InChI is InChI=1S/C15H13F2N3O2S2/c16-8-6-20(7-8)24-12-5-10(13(18)21)15(23-12)19-14(22)9-3-1-2-4-11(9)17/h1-5,8H,6-7H2,(H2,18,21)(H,19,22). The summed E-state index contributed by atoms with van der Waals surface area (Å²) in [6.45, 7) is 0.622. The highest BCUT2D eigenvalue weighted by molar-refractivity contribution is 7.99. The van der Waals surface area contributed by atoms with Crippen molar-refractivity contribution in [3.05, 3.63) is 47.3 Å². The Morgan fingerprint density at radius 2 is 2.00 bits per heavy atom. The van der Waals surface area contributed by atoms with Crippen molar-refractivity contribution in [1.82, 2.24) is 4.31 Å². The van der Waals surface area contributed by atoms with Crippen molar-refractivity contribution >= 4 is 40.1 Å². The van der Waals surface area contributed by atoms with Crippen LogP contribution in [0.2, 0.25) is 0 Å². The summed E-state index contributed by atoms with van der Waals surface area (Å²) in [6, 6.07) is 7.09. The van der Waals surface area contributed by atoms with Crippen LogP contribution in [0, 0.1) is 5.82 Å². The van der Waals surface area contributed by atoms with Gasteiger partial charge in [0.25, 0.3) is 11.8 Å². The van der Waals surface area contributed by atoms with Crippen molar-refractivity contribution in [3.63, 3.8) is 0 Å². The Hall–Kier alpha value is -1.97. The van der Waals surface area contributed by atoms with E-state index in [1.54, 1.807) is 16.4 Å². The number of nitrogens with zero attached hydrogens (tertiary/aromatic N) is 1. The SMILES string of the molecule is NC(=O)c1cc(SN2CC(F)C2)sc1NC(=O)c1ccccc1F. The van der Waals surface area contributed by atoms with Crippen LogP contribution < -0.4 is 11.1 Å². The Labute approximate surface area is 145 Å². The number of nitrogens with two attached hydrogens (primary N) is 1. The lowest BCUT2D eigenvalue weighted by molar-refractivity contribution is 0.100. The fourth-order valence-electron chi connectivity index (χ4n) is 2.10. The molecule has 0 spiro atoms. The summed E-state index contributed by atoms with van der Waals surface area (Å²) >= 11 is 2.43.